The van der Waals surface area contributed by atoms with Crippen molar-refractivity contribution in [2.45, 2.75) is 12.5 Å². The van der Waals surface area contributed by atoms with E-state index in [4.69, 9.17) is 5.73 Å². The minimum Gasteiger partial charge on any atom is -0.324 e. The monoisotopic (exact) mass is 389 g/mol. The number of hydrogen-bond acceptors (Lipinski definition) is 1. The molecule has 0 saturated carbocycles. The fourth-order valence-electron chi connectivity index (χ4n) is 1.83. The molecule has 2 aromatic rings. The summed E-state index contributed by atoms with van der Waals surface area (Å²) in [6, 6.07) is 8.74. The first-order chi connectivity index (χ1) is 8.97. The van der Waals surface area contributed by atoms with Gasteiger partial charge in [0.1, 0.15) is 11.6 Å². The van der Waals surface area contributed by atoms with Gasteiger partial charge in [0.05, 0.1) is 0 Å². The van der Waals surface area contributed by atoms with Gasteiger partial charge in [-0.2, -0.15) is 0 Å². The van der Waals surface area contributed by atoms with Crippen LogP contribution in [-0.4, -0.2) is 0 Å². The molecule has 0 bridgehead atoms. The van der Waals surface area contributed by atoms with Gasteiger partial charge in [0.15, 0.2) is 0 Å². The summed E-state index contributed by atoms with van der Waals surface area (Å²) in [4.78, 5) is 0. The summed E-state index contributed by atoms with van der Waals surface area (Å²) in [6.07, 6.45) is 0.243. The summed E-state index contributed by atoms with van der Waals surface area (Å²) in [7, 11) is 0. The van der Waals surface area contributed by atoms with Crippen LogP contribution in [0, 0.1) is 11.6 Å². The first-order valence-electron chi connectivity index (χ1n) is 5.62. The Hall–Kier alpha value is -0.780. The third-order valence-electron chi connectivity index (χ3n) is 2.81. The lowest BCUT2D eigenvalue weighted by molar-refractivity contribution is 0.562. The average molecular weight is 391 g/mol. The molecule has 0 fully saturated rings. The van der Waals surface area contributed by atoms with Gasteiger partial charge in [-0.25, -0.2) is 8.78 Å². The van der Waals surface area contributed by atoms with Gasteiger partial charge in [0, 0.05) is 20.6 Å². The Morgan fingerprint density at radius 2 is 1.58 bits per heavy atom. The fraction of sp³-hybridized carbons (Fsp3) is 0.143. The number of halogens is 4. The summed E-state index contributed by atoms with van der Waals surface area (Å²) in [5, 5.41) is 0. The third kappa shape index (κ3) is 3.61. The van der Waals surface area contributed by atoms with Crippen molar-refractivity contribution >= 4 is 31.9 Å². The molecular formula is C14H11Br2F2N. The number of rotatable bonds is 3. The lowest BCUT2D eigenvalue weighted by Crippen LogP contribution is -2.15. The predicted molar refractivity (Wildman–Crippen MR) is 78.8 cm³/mol. The summed E-state index contributed by atoms with van der Waals surface area (Å²) in [5.74, 6) is -0.728. The molecule has 0 heterocycles. The maximum atomic E-state index is 13.7. The van der Waals surface area contributed by atoms with Crippen LogP contribution in [0.25, 0.3) is 0 Å². The summed E-state index contributed by atoms with van der Waals surface area (Å²) >= 11 is 6.46. The molecule has 1 nitrogen and oxygen atoms in total. The summed E-state index contributed by atoms with van der Waals surface area (Å²) in [5.41, 5.74) is 6.80. The van der Waals surface area contributed by atoms with Crippen LogP contribution >= 0.6 is 31.9 Å². The molecule has 2 N–H and O–H groups in total. The van der Waals surface area contributed by atoms with Gasteiger partial charge in [-0.1, -0.05) is 37.9 Å². The van der Waals surface area contributed by atoms with Gasteiger partial charge in [-0.15, -0.1) is 0 Å². The van der Waals surface area contributed by atoms with Crippen molar-refractivity contribution in [1.82, 2.24) is 0 Å². The Morgan fingerprint density at radius 3 is 2.26 bits per heavy atom. The Balaban J connectivity index is 2.25. The van der Waals surface area contributed by atoms with Crippen molar-refractivity contribution in [3.05, 3.63) is 68.1 Å². The molecule has 0 aliphatic carbocycles. The number of benzene rings is 2. The topological polar surface area (TPSA) is 26.0 Å². The lowest BCUT2D eigenvalue weighted by Gasteiger charge is -2.14. The zero-order chi connectivity index (χ0) is 14.0. The molecule has 2 aromatic carbocycles. The molecule has 0 aliphatic rings. The standard InChI is InChI=1S/C14H11Br2F2N/c15-9-3-4-12(17)11(6-9)14(19)5-8-1-2-10(16)7-13(8)18/h1-4,6-7,14H,5,19H2. The van der Waals surface area contributed by atoms with E-state index < -0.39 is 6.04 Å². The van der Waals surface area contributed by atoms with E-state index >= 15 is 0 Å². The van der Waals surface area contributed by atoms with Crippen molar-refractivity contribution < 1.29 is 8.78 Å². The Labute approximate surface area is 127 Å². The van der Waals surface area contributed by atoms with Crippen LogP contribution in [0.4, 0.5) is 8.78 Å². The van der Waals surface area contributed by atoms with Crippen LogP contribution in [0.15, 0.2) is 45.3 Å². The maximum absolute atomic E-state index is 13.7. The second-order valence-electron chi connectivity index (χ2n) is 4.21. The normalized spacial score (nSPS) is 12.5. The van der Waals surface area contributed by atoms with Gasteiger partial charge in [-0.05, 0) is 42.3 Å². The largest absolute Gasteiger partial charge is 0.324 e. The first kappa shape index (κ1) is 14.6. The SMILES string of the molecule is NC(Cc1ccc(Br)cc1F)c1cc(Br)ccc1F. The molecule has 0 aliphatic heterocycles. The Morgan fingerprint density at radius 1 is 0.947 bits per heavy atom. The molecule has 2 rings (SSSR count). The minimum absolute atomic E-state index is 0.243. The van der Waals surface area contributed by atoms with Crippen LogP contribution < -0.4 is 5.73 Å². The molecular weight excluding hydrogens is 380 g/mol. The van der Waals surface area contributed by atoms with Crippen LogP contribution in [0.2, 0.25) is 0 Å². The van der Waals surface area contributed by atoms with E-state index in [-0.39, 0.29) is 18.1 Å². The van der Waals surface area contributed by atoms with E-state index in [0.29, 0.717) is 15.6 Å². The van der Waals surface area contributed by atoms with Gasteiger partial charge in [-0.3, -0.25) is 0 Å². The molecule has 0 radical (unpaired) electrons. The van der Waals surface area contributed by atoms with Crippen molar-refractivity contribution in [3.63, 3.8) is 0 Å². The molecule has 0 spiro atoms. The zero-order valence-electron chi connectivity index (χ0n) is 9.84. The highest BCUT2D eigenvalue weighted by molar-refractivity contribution is 9.10. The van der Waals surface area contributed by atoms with Gasteiger partial charge in [0.25, 0.3) is 0 Å². The summed E-state index contributed by atoms with van der Waals surface area (Å²) < 4.78 is 28.8. The highest BCUT2D eigenvalue weighted by Crippen LogP contribution is 2.25. The quantitative estimate of drug-likeness (QED) is 0.805. The number of hydrogen-bond donors (Lipinski definition) is 1. The maximum Gasteiger partial charge on any atom is 0.128 e. The van der Waals surface area contributed by atoms with Crippen LogP contribution in [-0.2, 0) is 6.42 Å². The highest BCUT2D eigenvalue weighted by Gasteiger charge is 2.14. The number of nitrogens with two attached hydrogens (primary N) is 1. The van der Waals surface area contributed by atoms with Crippen molar-refractivity contribution in [2.75, 3.05) is 0 Å². The molecule has 0 saturated heterocycles. The molecule has 1 atom stereocenters. The Bertz CT molecular complexity index is 602. The van der Waals surface area contributed by atoms with Crippen LogP contribution in [0.5, 0.6) is 0 Å². The van der Waals surface area contributed by atoms with E-state index in [0.717, 1.165) is 4.47 Å². The second-order valence-corrected chi connectivity index (χ2v) is 6.04. The highest BCUT2D eigenvalue weighted by atomic mass is 79.9. The van der Waals surface area contributed by atoms with E-state index in [1.165, 1.54) is 12.1 Å². The molecule has 5 heteroatoms. The smallest absolute Gasteiger partial charge is 0.128 e. The van der Waals surface area contributed by atoms with Crippen molar-refractivity contribution in [1.29, 1.82) is 0 Å². The lowest BCUT2D eigenvalue weighted by atomic mass is 9.99. The van der Waals surface area contributed by atoms with Crippen LogP contribution in [0.1, 0.15) is 17.2 Å². The molecule has 100 valence electrons. The summed E-state index contributed by atoms with van der Waals surface area (Å²) in [6.45, 7) is 0. The average Bonchev–Trinajstić information content (AvgIpc) is 2.35. The van der Waals surface area contributed by atoms with Crippen LogP contribution in [0.3, 0.4) is 0 Å². The van der Waals surface area contributed by atoms with Gasteiger partial charge >= 0.3 is 0 Å². The Kier molecular flexibility index (Phi) is 4.71. The van der Waals surface area contributed by atoms with Crippen molar-refractivity contribution in [3.8, 4) is 0 Å². The van der Waals surface area contributed by atoms with Gasteiger partial charge < -0.3 is 5.73 Å². The molecule has 0 aromatic heterocycles. The fourth-order valence-corrected chi connectivity index (χ4v) is 2.54. The van der Waals surface area contributed by atoms with E-state index in [1.54, 1.807) is 24.3 Å². The zero-order valence-corrected chi connectivity index (χ0v) is 13.0. The van der Waals surface area contributed by atoms with Crippen molar-refractivity contribution in [2.24, 2.45) is 5.73 Å². The van der Waals surface area contributed by atoms with E-state index in [2.05, 4.69) is 31.9 Å². The third-order valence-corrected chi connectivity index (χ3v) is 3.80. The van der Waals surface area contributed by atoms with E-state index in [1.807, 2.05) is 0 Å². The predicted octanol–water partition coefficient (Wildman–Crippen LogP) is 4.73. The first-order valence-corrected chi connectivity index (χ1v) is 7.20. The molecule has 1 unspecified atom stereocenters. The van der Waals surface area contributed by atoms with E-state index in [9.17, 15) is 8.78 Å². The van der Waals surface area contributed by atoms with Gasteiger partial charge in [0.2, 0.25) is 0 Å². The minimum atomic E-state index is -0.590. The molecule has 19 heavy (non-hydrogen) atoms. The second kappa shape index (κ2) is 6.11. The molecule has 0 amide bonds.